The van der Waals surface area contributed by atoms with Gasteiger partial charge in [-0.05, 0) is 18.2 Å². The fourth-order valence-electron chi connectivity index (χ4n) is 1.61. The minimum absolute atomic E-state index is 0.0446. The third-order valence-electron chi connectivity index (χ3n) is 2.54. The standard InChI is InChI=1S/C13H11F2NO2/c1-18-10-2-3-11(12(15)5-10)13(17)8-4-9(14)7-16-6-8/h2-7,13,17H,1H3. The summed E-state index contributed by atoms with van der Waals surface area (Å²) in [6, 6.07) is 5.19. The molecule has 2 rings (SSSR count). The van der Waals surface area contributed by atoms with Crippen LogP contribution < -0.4 is 4.74 Å². The second kappa shape index (κ2) is 5.10. The van der Waals surface area contributed by atoms with Gasteiger partial charge in [-0.2, -0.15) is 0 Å². The van der Waals surface area contributed by atoms with Crippen LogP contribution in [0.4, 0.5) is 8.78 Å². The van der Waals surface area contributed by atoms with Gasteiger partial charge in [0.1, 0.15) is 23.5 Å². The Morgan fingerprint density at radius 2 is 2.00 bits per heavy atom. The third kappa shape index (κ3) is 2.46. The highest BCUT2D eigenvalue weighted by molar-refractivity contribution is 5.34. The molecule has 18 heavy (non-hydrogen) atoms. The van der Waals surface area contributed by atoms with Crippen LogP contribution in [0.2, 0.25) is 0 Å². The first-order valence-corrected chi connectivity index (χ1v) is 5.24. The highest BCUT2D eigenvalue weighted by Crippen LogP contribution is 2.26. The van der Waals surface area contributed by atoms with Crippen LogP contribution >= 0.6 is 0 Å². The van der Waals surface area contributed by atoms with Gasteiger partial charge in [0.15, 0.2) is 0 Å². The Morgan fingerprint density at radius 1 is 1.22 bits per heavy atom. The van der Waals surface area contributed by atoms with E-state index in [1.807, 2.05) is 0 Å². The number of benzene rings is 1. The molecular weight excluding hydrogens is 240 g/mol. The van der Waals surface area contributed by atoms with Crippen molar-refractivity contribution < 1.29 is 18.6 Å². The zero-order valence-electron chi connectivity index (χ0n) is 9.60. The van der Waals surface area contributed by atoms with Crippen molar-refractivity contribution in [2.24, 2.45) is 0 Å². The zero-order valence-corrected chi connectivity index (χ0v) is 9.60. The number of halogens is 2. The van der Waals surface area contributed by atoms with Gasteiger partial charge in [0, 0.05) is 23.4 Å². The molecule has 0 aliphatic heterocycles. The second-order valence-corrected chi connectivity index (χ2v) is 3.73. The largest absolute Gasteiger partial charge is 0.497 e. The Labute approximate surface area is 103 Å². The van der Waals surface area contributed by atoms with Crippen molar-refractivity contribution in [3.05, 3.63) is 59.4 Å². The smallest absolute Gasteiger partial charge is 0.141 e. The highest BCUT2D eigenvalue weighted by atomic mass is 19.1. The van der Waals surface area contributed by atoms with Gasteiger partial charge in [-0.1, -0.05) is 0 Å². The van der Waals surface area contributed by atoms with Crippen LogP contribution in [0.25, 0.3) is 0 Å². The van der Waals surface area contributed by atoms with Crippen LogP contribution in [0.5, 0.6) is 5.75 Å². The molecule has 0 spiro atoms. The van der Waals surface area contributed by atoms with Gasteiger partial charge >= 0.3 is 0 Å². The first-order valence-electron chi connectivity index (χ1n) is 5.24. The third-order valence-corrected chi connectivity index (χ3v) is 2.54. The number of nitrogens with zero attached hydrogens (tertiary/aromatic N) is 1. The molecule has 1 aromatic heterocycles. The number of hydrogen-bond donors (Lipinski definition) is 1. The van der Waals surface area contributed by atoms with E-state index in [9.17, 15) is 13.9 Å². The van der Waals surface area contributed by atoms with Crippen LogP contribution in [0, 0.1) is 11.6 Å². The van der Waals surface area contributed by atoms with Gasteiger partial charge in [-0.25, -0.2) is 8.78 Å². The molecule has 3 nitrogen and oxygen atoms in total. The summed E-state index contributed by atoms with van der Waals surface area (Å²) in [5.41, 5.74) is 0.238. The minimum Gasteiger partial charge on any atom is -0.497 e. The van der Waals surface area contributed by atoms with Gasteiger partial charge in [0.25, 0.3) is 0 Å². The lowest BCUT2D eigenvalue weighted by molar-refractivity contribution is 0.213. The molecule has 1 atom stereocenters. The topological polar surface area (TPSA) is 42.4 Å². The van der Waals surface area contributed by atoms with E-state index >= 15 is 0 Å². The van der Waals surface area contributed by atoms with E-state index in [4.69, 9.17) is 4.74 Å². The maximum absolute atomic E-state index is 13.7. The van der Waals surface area contributed by atoms with Gasteiger partial charge in [-0.15, -0.1) is 0 Å². The Morgan fingerprint density at radius 3 is 2.61 bits per heavy atom. The lowest BCUT2D eigenvalue weighted by Crippen LogP contribution is -2.04. The van der Waals surface area contributed by atoms with Crippen LogP contribution in [0.3, 0.4) is 0 Å². The van der Waals surface area contributed by atoms with E-state index in [1.54, 1.807) is 0 Å². The molecule has 5 heteroatoms. The average Bonchev–Trinajstić information content (AvgIpc) is 2.37. The van der Waals surface area contributed by atoms with Crippen molar-refractivity contribution in [1.82, 2.24) is 4.98 Å². The summed E-state index contributed by atoms with van der Waals surface area (Å²) in [7, 11) is 1.42. The van der Waals surface area contributed by atoms with E-state index in [2.05, 4.69) is 4.98 Å². The molecule has 0 radical (unpaired) electrons. The first kappa shape index (κ1) is 12.4. The molecule has 1 aromatic carbocycles. The Hall–Kier alpha value is -2.01. The van der Waals surface area contributed by atoms with Crippen molar-refractivity contribution in [3.63, 3.8) is 0 Å². The van der Waals surface area contributed by atoms with Crippen molar-refractivity contribution in [1.29, 1.82) is 0 Å². The fraction of sp³-hybridized carbons (Fsp3) is 0.154. The zero-order chi connectivity index (χ0) is 13.1. The van der Waals surface area contributed by atoms with E-state index < -0.39 is 17.7 Å². The quantitative estimate of drug-likeness (QED) is 0.911. The molecule has 0 aliphatic rings. The minimum atomic E-state index is -1.26. The van der Waals surface area contributed by atoms with Gasteiger partial charge in [-0.3, -0.25) is 4.98 Å². The van der Waals surface area contributed by atoms with Crippen LogP contribution in [0.1, 0.15) is 17.2 Å². The van der Waals surface area contributed by atoms with Crippen LogP contribution in [-0.4, -0.2) is 17.2 Å². The normalized spacial score (nSPS) is 12.2. The van der Waals surface area contributed by atoms with E-state index in [0.717, 1.165) is 18.3 Å². The second-order valence-electron chi connectivity index (χ2n) is 3.73. The predicted octanol–water partition coefficient (Wildman–Crippen LogP) is 2.45. The Kier molecular flexibility index (Phi) is 3.53. The number of pyridine rings is 1. The molecule has 2 aromatic rings. The summed E-state index contributed by atoms with van der Waals surface area (Å²) < 4.78 is 31.6. The molecule has 0 bridgehead atoms. The number of rotatable bonds is 3. The average molecular weight is 251 g/mol. The van der Waals surface area contributed by atoms with Crippen molar-refractivity contribution >= 4 is 0 Å². The van der Waals surface area contributed by atoms with E-state index in [0.29, 0.717) is 5.75 Å². The number of aromatic nitrogens is 1. The van der Waals surface area contributed by atoms with Crippen LogP contribution in [-0.2, 0) is 0 Å². The molecule has 1 unspecified atom stereocenters. The lowest BCUT2D eigenvalue weighted by atomic mass is 10.0. The molecule has 0 saturated carbocycles. The number of hydrogen-bond acceptors (Lipinski definition) is 3. The molecule has 1 N–H and O–H groups in total. The van der Waals surface area contributed by atoms with E-state index in [1.165, 1.54) is 25.4 Å². The van der Waals surface area contributed by atoms with Crippen molar-refractivity contribution in [3.8, 4) is 5.75 Å². The molecule has 94 valence electrons. The molecule has 0 amide bonds. The summed E-state index contributed by atoms with van der Waals surface area (Å²) in [5.74, 6) is -0.854. The number of aliphatic hydroxyl groups excluding tert-OH is 1. The molecular formula is C13H11F2NO2. The number of ether oxygens (including phenoxy) is 1. The maximum Gasteiger partial charge on any atom is 0.141 e. The summed E-state index contributed by atoms with van der Waals surface area (Å²) in [6.07, 6.45) is 1.04. The summed E-state index contributed by atoms with van der Waals surface area (Å²) in [5, 5.41) is 9.97. The molecule has 0 aliphatic carbocycles. The summed E-state index contributed by atoms with van der Waals surface area (Å²) in [4.78, 5) is 3.61. The summed E-state index contributed by atoms with van der Waals surface area (Å²) in [6.45, 7) is 0. The van der Waals surface area contributed by atoms with Crippen molar-refractivity contribution in [2.45, 2.75) is 6.10 Å². The first-order chi connectivity index (χ1) is 8.61. The predicted molar refractivity (Wildman–Crippen MR) is 61.2 cm³/mol. The fourth-order valence-corrected chi connectivity index (χ4v) is 1.61. The highest BCUT2D eigenvalue weighted by Gasteiger charge is 2.16. The molecule has 0 saturated heterocycles. The lowest BCUT2D eigenvalue weighted by Gasteiger charge is -2.12. The number of aliphatic hydroxyl groups is 1. The van der Waals surface area contributed by atoms with Crippen LogP contribution in [0.15, 0.2) is 36.7 Å². The Bertz CT molecular complexity index is 560. The van der Waals surface area contributed by atoms with Crippen molar-refractivity contribution in [2.75, 3.05) is 7.11 Å². The monoisotopic (exact) mass is 251 g/mol. The SMILES string of the molecule is COc1ccc(C(O)c2cncc(F)c2)c(F)c1. The summed E-state index contributed by atoms with van der Waals surface area (Å²) >= 11 is 0. The Balaban J connectivity index is 2.37. The molecule has 0 fully saturated rings. The maximum atomic E-state index is 13.7. The number of methoxy groups -OCH3 is 1. The molecule has 1 heterocycles. The van der Waals surface area contributed by atoms with E-state index in [-0.39, 0.29) is 11.1 Å². The van der Waals surface area contributed by atoms with Gasteiger partial charge in [0.2, 0.25) is 0 Å². The van der Waals surface area contributed by atoms with Gasteiger partial charge < -0.3 is 9.84 Å². The van der Waals surface area contributed by atoms with Gasteiger partial charge in [0.05, 0.1) is 13.3 Å².